The molecule has 1 aromatic heterocycles. The van der Waals surface area contributed by atoms with Crippen molar-refractivity contribution in [3.8, 4) is 0 Å². The van der Waals surface area contributed by atoms with E-state index in [0.717, 1.165) is 29.4 Å². The zero-order valence-corrected chi connectivity index (χ0v) is 14.3. The van der Waals surface area contributed by atoms with E-state index in [1.807, 2.05) is 12.1 Å². The number of hydrogen-bond donors (Lipinski definition) is 1. The van der Waals surface area contributed by atoms with Crippen molar-refractivity contribution in [2.45, 2.75) is 50.4 Å². The lowest BCUT2D eigenvalue weighted by Crippen LogP contribution is -2.21. The first kappa shape index (κ1) is 16.5. The molecule has 0 fully saturated rings. The summed E-state index contributed by atoms with van der Waals surface area (Å²) >= 11 is 3.24. The minimum Gasteiger partial charge on any atom is -0.310 e. The van der Waals surface area contributed by atoms with E-state index in [-0.39, 0.29) is 5.82 Å². The molecule has 1 heterocycles. The normalized spacial score (nSPS) is 11.3. The van der Waals surface area contributed by atoms with Crippen molar-refractivity contribution in [1.82, 2.24) is 10.3 Å². The first-order valence-corrected chi connectivity index (χ1v) is 8.98. The number of thioether (sulfide) groups is 1. The van der Waals surface area contributed by atoms with Gasteiger partial charge in [-0.3, -0.25) is 0 Å². The van der Waals surface area contributed by atoms with E-state index in [2.05, 4.69) is 31.1 Å². The number of aryl methyl sites for hydroxylation is 1. The first-order chi connectivity index (χ1) is 10.1. The van der Waals surface area contributed by atoms with Crippen LogP contribution in [-0.2, 0) is 18.7 Å². The summed E-state index contributed by atoms with van der Waals surface area (Å²) in [6, 6.07) is 7.36. The zero-order chi connectivity index (χ0) is 15.2. The highest BCUT2D eigenvalue weighted by Gasteiger charge is 2.11. The molecule has 1 aromatic carbocycles. The Bertz CT molecular complexity index is 581. The van der Waals surface area contributed by atoms with Gasteiger partial charge in [0.05, 0.1) is 11.4 Å². The van der Waals surface area contributed by atoms with Gasteiger partial charge in [-0.2, -0.15) is 0 Å². The second-order valence-corrected chi connectivity index (χ2v) is 7.27. The van der Waals surface area contributed by atoms with Crippen molar-refractivity contribution in [2.75, 3.05) is 0 Å². The van der Waals surface area contributed by atoms with E-state index in [0.29, 0.717) is 10.9 Å². The molecular formula is C16H21FN2S2. The van der Waals surface area contributed by atoms with Gasteiger partial charge in [0.15, 0.2) is 0 Å². The molecule has 0 radical (unpaired) electrons. The maximum absolute atomic E-state index is 13.6. The molecule has 0 unspecified atom stereocenters. The van der Waals surface area contributed by atoms with Crippen LogP contribution >= 0.6 is 23.1 Å². The van der Waals surface area contributed by atoms with Crippen molar-refractivity contribution < 1.29 is 4.39 Å². The van der Waals surface area contributed by atoms with Crippen LogP contribution in [0.25, 0.3) is 0 Å². The number of rotatable bonds is 7. The fourth-order valence-corrected chi connectivity index (χ4v) is 3.95. The Labute approximate surface area is 134 Å². The Morgan fingerprint density at radius 1 is 1.33 bits per heavy atom. The molecule has 0 atom stereocenters. The van der Waals surface area contributed by atoms with Gasteiger partial charge >= 0.3 is 0 Å². The molecule has 0 saturated heterocycles. The fraction of sp³-hybridized carbons (Fsp3) is 0.438. The molecule has 114 valence electrons. The number of hydrogen-bond acceptors (Lipinski definition) is 4. The Morgan fingerprint density at radius 2 is 2.10 bits per heavy atom. The molecule has 21 heavy (non-hydrogen) atoms. The van der Waals surface area contributed by atoms with Crippen LogP contribution in [0.1, 0.15) is 36.3 Å². The Balaban J connectivity index is 2.02. The number of nitrogens with zero attached hydrogens (tertiary/aromatic N) is 1. The molecule has 0 aliphatic carbocycles. The van der Waals surface area contributed by atoms with Gasteiger partial charge in [0.2, 0.25) is 0 Å². The number of nitrogens with one attached hydrogen (secondary N) is 1. The SMILES string of the molecule is CCc1nc(CSc2ccccc2F)sc1CNC(C)C. The van der Waals surface area contributed by atoms with Crippen molar-refractivity contribution in [3.63, 3.8) is 0 Å². The average Bonchev–Trinajstić information content (AvgIpc) is 2.86. The highest BCUT2D eigenvalue weighted by Crippen LogP contribution is 2.28. The lowest BCUT2D eigenvalue weighted by Gasteiger charge is -2.06. The van der Waals surface area contributed by atoms with Crippen molar-refractivity contribution in [2.24, 2.45) is 0 Å². The van der Waals surface area contributed by atoms with Gasteiger partial charge in [-0.15, -0.1) is 23.1 Å². The van der Waals surface area contributed by atoms with Crippen molar-refractivity contribution in [3.05, 3.63) is 45.7 Å². The summed E-state index contributed by atoms with van der Waals surface area (Å²) in [6.45, 7) is 7.27. The largest absolute Gasteiger partial charge is 0.310 e. The van der Waals surface area contributed by atoms with E-state index in [1.165, 1.54) is 22.7 Å². The molecule has 0 aliphatic rings. The van der Waals surface area contributed by atoms with Crippen LogP contribution in [0.3, 0.4) is 0 Å². The molecule has 1 N–H and O–H groups in total. The van der Waals surface area contributed by atoms with Gasteiger partial charge in [0.25, 0.3) is 0 Å². The third kappa shape index (κ3) is 4.80. The second-order valence-electron chi connectivity index (χ2n) is 5.09. The standard InChI is InChI=1S/C16H21FN2S2/c1-4-13-15(9-18-11(2)3)21-16(19-13)10-20-14-8-6-5-7-12(14)17/h5-8,11,18H,4,9-10H2,1-3H3. The summed E-state index contributed by atoms with van der Waals surface area (Å²) in [5.74, 6) is 0.566. The highest BCUT2D eigenvalue weighted by molar-refractivity contribution is 7.98. The maximum Gasteiger partial charge on any atom is 0.136 e. The number of halogens is 1. The van der Waals surface area contributed by atoms with Crippen molar-refractivity contribution in [1.29, 1.82) is 0 Å². The minimum atomic E-state index is -0.156. The average molecular weight is 324 g/mol. The summed E-state index contributed by atoms with van der Waals surface area (Å²) in [4.78, 5) is 6.68. The van der Waals surface area contributed by atoms with E-state index in [1.54, 1.807) is 17.4 Å². The molecular weight excluding hydrogens is 303 g/mol. The number of benzene rings is 1. The number of aromatic nitrogens is 1. The van der Waals surface area contributed by atoms with Gasteiger partial charge in [-0.25, -0.2) is 9.37 Å². The van der Waals surface area contributed by atoms with Gasteiger partial charge in [0, 0.05) is 22.4 Å². The Morgan fingerprint density at radius 3 is 2.76 bits per heavy atom. The molecule has 0 bridgehead atoms. The molecule has 0 amide bonds. The van der Waals surface area contributed by atoms with Crippen LogP contribution in [0.5, 0.6) is 0 Å². The van der Waals surface area contributed by atoms with Gasteiger partial charge in [0.1, 0.15) is 10.8 Å². The second kappa shape index (κ2) is 7.92. The van der Waals surface area contributed by atoms with Crippen LogP contribution in [-0.4, -0.2) is 11.0 Å². The van der Waals surface area contributed by atoms with Crippen LogP contribution in [0.4, 0.5) is 4.39 Å². The summed E-state index contributed by atoms with van der Waals surface area (Å²) in [5.41, 5.74) is 1.16. The lowest BCUT2D eigenvalue weighted by molar-refractivity contribution is 0.590. The lowest BCUT2D eigenvalue weighted by atomic mass is 10.3. The van der Waals surface area contributed by atoms with Crippen LogP contribution in [0, 0.1) is 5.82 Å². The topological polar surface area (TPSA) is 24.9 Å². The van der Waals surface area contributed by atoms with Crippen LogP contribution in [0.15, 0.2) is 29.2 Å². The van der Waals surface area contributed by atoms with Crippen molar-refractivity contribution >= 4 is 23.1 Å². The predicted octanol–water partition coefficient (Wildman–Crippen LogP) is 4.63. The van der Waals surface area contributed by atoms with Gasteiger partial charge in [-0.05, 0) is 18.6 Å². The third-order valence-corrected chi connectivity index (χ3v) is 5.36. The smallest absolute Gasteiger partial charge is 0.136 e. The van der Waals surface area contributed by atoms with Gasteiger partial charge < -0.3 is 5.32 Å². The summed E-state index contributed by atoms with van der Waals surface area (Å²) in [7, 11) is 0. The highest BCUT2D eigenvalue weighted by atomic mass is 32.2. The fourth-order valence-electron chi connectivity index (χ4n) is 1.91. The first-order valence-electron chi connectivity index (χ1n) is 7.18. The molecule has 0 spiro atoms. The van der Waals surface area contributed by atoms with Crippen LogP contribution < -0.4 is 5.32 Å². The summed E-state index contributed by atoms with van der Waals surface area (Å²) < 4.78 is 13.6. The summed E-state index contributed by atoms with van der Waals surface area (Å²) in [5, 5.41) is 4.51. The molecule has 0 saturated carbocycles. The molecule has 2 nitrogen and oxygen atoms in total. The third-order valence-electron chi connectivity index (χ3n) is 3.02. The maximum atomic E-state index is 13.6. The summed E-state index contributed by atoms with van der Waals surface area (Å²) in [6.07, 6.45) is 0.940. The Kier molecular flexibility index (Phi) is 6.21. The van der Waals surface area contributed by atoms with E-state index in [4.69, 9.17) is 0 Å². The van der Waals surface area contributed by atoms with Crippen LogP contribution in [0.2, 0.25) is 0 Å². The predicted molar refractivity (Wildman–Crippen MR) is 89.4 cm³/mol. The molecule has 0 aliphatic heterocycles. The molecule has 2 rings (SSSR count). The van der Waals surface area contributed by atoms with E-state index >= 15 is 0 Å². The number of thiazole rings is 1. The van der Waals surface area contributed by atoms with E-state index in [9.17, 15) is 4.39 Å². The molecule has 5 heteroatoms. The zero-order valence-electron chi connectivity index (χ0n) is 12.6. The molecule has 2 aromatic rings. The quantitative estimate of drug-likeness (QED) is 0.751. The van der Waals surface area contributed by atoms with E-state index < -0.39 is 0 Å². The van der Waals surface area contributed by atoms with Gasteiger partial charge in [-0.1, -0.05) is 32.9 Å². The Hall–Kier alpha value is -0.910. The monoisotopic (exact) mass is 324 g/mol. The minimum absolute atomic E-state index is 0.156.